The molecule has 0 bridgehead atoms. The van der Waals surface area contributed by atoms with E-state index < -0.39 is 0 Å². The van der Waals surface area contributed by atoms with Crippen LogP contribution in [0.25, 0.3) is 6.08 Å². The monoisotopic (exact) mass is 390 g/mol. The molecule has 3 heteroatoms. The topological polar surface area (TPSA) is 0 Å². The van der Waals surface area contributed by atoms with E-state index in [4.69, 9.17) is 11.6 Å². The van der Waals surface area contributed by atoms with Gasteiger partial charge < -0.3 is 0 Å². The standard InChI is InChI=1S/C15H17Br2Cl/c16-10-13(11-4-2-1-3-5-11)8-12-9-14(18)6-7-15(12)17/h6-9,11H,1-5,10H2. The fourth-order valence-electron chi connectivity index (χ4n) is 2.56. The summed E-state index contributed by atoms with van der Waals surface area (Å²) >= 11 is 13.3. The molecule has 1 fully saturated rings. The zero-order valence-corrected chi connectivity index (χ0v) is 14.2. The van der Waals surface area contributed by atoms with Gasteiger partial charge in [0.1, 0.15) is 0 Å². The first-order valence-electron chi connectivity index (χ1n) is 6.42. The van der Waals surface area contributed by atoms with E-state index >= 15 is 0 Å². The Hall–Kier alpha value is 0.210. The van der Waals surface area contributed by atoms with Crippen LogP contribution in [0.3, 0.4) is 0 Å². The van der Waals surface area contributed by atoms with Crippen molar-refractivity contribution in [3.8, 4) is 0 Å². The fraction of sp³-hybridized carbons (Fsp3) is 0.467. The van der Waals surface area contributed by atoms with Crippen molar-refractivity contribution in [3.63, 3.8) is 0 Å². The molecular formula is C15H17Br2Cl. The summed E-state index contributed by atoms with van der Waals surface area (Å²) in [6.45, 7) is 0. The summed E-state index contributed by atoms with van der Waals surface area (Å²) in [7, 11) is 0. The summed E-state index contributed by atoms with van der Waals surface area (Å²) in [6, 6.07) is 5.95. The normalized spacial score (nSPS) is 18.1. The molecule has 0 saturated heterocycles. The molecular weight excluding hydrogens is 375 g/mol. The molecule has 0 unspecified atom stereocenters. The molecule has 0 spiro atoms. The Labute approximate surface area is 131 Å². The Morgan fingerprint density at radius 1 is 1.28 bits per heavy atom. The fourth-order valence-corrected chi connectivity index (χ4v) is 3.73. The Morgan fingerprint density at radius 2 is 2.00 bits per heavy atom. The van der Waals surface area contributed by atoms with Crippen molar-refractivity contribution in [1.29, 1.82) is 0 Å². The Morgan fingerprint density at radius 3 is 2.67 bits per heavy atom. The van der Waals surface area contributed by atoms with E-state index in [9.17, 15) is 0 Å². The summed E-state index contributed by atoms with van der Waals surface area (Å²) in [5, 5.41) is 1.75. The van der Waals surface area contributed by atoms with Crippen LogP contribution >= 0.6 is 43.5 Å². The molecule has 0 amide bonds. The maximum Gasteiger partial charge on any atom is 0.0412 e. The van der Waals surface area contributed by atoms with Crippen molar-refractivity contribution < 1.29 is 0 Å². The van der Waals surface area contributed by atoms with Crippen LogP contribution in [0.4, 0.5) is 0 Å². The molecule has 1 aromatic carbocycles. The van der Waals surface area contributed by atoms with Gasteiger partial charge in [-0.2, -0.15) is 0 Å². The van der Waals surface area contributed by atoms with Crippen LogP contribution in [0.1, 0.15) is 37.7 Å². The van der Waals surface area contributed by atoms with Gasteiger partial charge in [-0.3, -0.25) is 0 Å². The van der Waals surface area contributed by atoms with Crippen LogP contribution in [-0.2, 0) is 0 Å². The van der Waals surface area contributed by atoms with E-state index in [2.05, 4.69) is 37.9 Å². The predicted molar refractivity (Wildman–Crippen MR) is 87.5 cm³/mol. The van der Waals surface area contributed by atoms with E-state index in [0.717, 1.165) is 20.7 Å². The molecule has 0 nitrogen and oxygen atoms in total. The predicted octanol–water partition coefficient (Wildman–Crippen LogP) is 6.46. The quantitative estimate of drug-likeness (QED) is 0.518. The third kappa shape index (κ3) is 3.85. The summed E-state index contributed by atoms with van der Waals surface area (Å²) in [6.07, 6.45) is 9.08. The highest BCUT2D eigenvalue weighted by Crippen LogP contribution is 2.33. The van der Waals surface area contributed by atoms with E-state index in [-0.39, 0.29) is 0 Å². The molecule has 0 aliphatic heterocycles. The van der Waals surface area contributed by atoms with Crippen LogP contribution in [0.15, 0.2) is 28.2 Å². The van der Waals surface area contributed by atoms with Crippen LogP contribution in [0.2, 0.25) is 5.02 Å². The summed E-state index contributed by atoms with van der Waals surface area (Å²) in [5.74, 6) is 0.740. The lowest BCUT2D eigenvalue weighted by atomic mass is 9.84. The Kier molecular flexibility index (Phi) is 5.78. The molecule has 0 radical (unpaired) electrons. The van der Waals surface area contributed by atoms with Gasteiger partial charge >= 0.3 is 0 Å². The largest absolute Gasteiger partial charge is 0.0880 e. The molecule has 0 atom stereocenters. The third-order valence-electron chi connectivity index (χ3n) is 3.58. The van der Waals surface area contributed by atoms with E-state index in [0.29, 0.717) is 0 Å². The van der Waals surface area contributed by atoms with Crippen LogP contribution in [-0.4, -0.2) is 5.33 Å². The summed E-state index contributed by atoms with van der Waals surface area (Å²) in [5.41, 5.74) is 2.68. The molecule has 0 aromatic heterocycles. The summed E-state index contributed by atoms with van der Waals surface area (Å²) in [4.78, 5) is 0. The lowest BCUT2D eigenvalue weighted by Crippen LogP contribution is -2.10. The second-order valence-corrected chi connectivity index (χ2v) is 6.71. The maximum absolute atomic E-state index is 6.07. The van der Waals surface area contributed by atoms with E-state index in [1.165, 1.54) is 43.2 Å². The van der Waals surface area contributed by atoms with E-state index in [1.807, 2.05) is 18.2 Å². The van der Waals surface area contributed by atoms with Crippen molar-refractivity contribution in [1.82, 2.24) is 0 Å². The summed E-state index contributed by atoms with van der Waals surface area (Å²) < 4.78 is 1.11. The molecule has 1 aliphatic carbocycles. The molecule has 1 saturated carbocycles. The zero-order valence-electron chi connectivity index (χ0n) is 10.3. The number of benzene rings is 1. The van der Waals surface area contributed by atoms with Crippen molar-refractivity contribution in [2.45, 2.75) is 32.1 Å². The number of hydrogen-bond acceptors (Lipinski definition) is 0. The smallest absolute Gasteiger partial charge is 0.0412 e. The van der Waals surface area contributed by atoms with Gasteiger partial charge in [0.25, 0.3) is 0 Å². The molecule has 0 heterocycles. The van der Waals surface area contributed by atoms with Crippen molar-refractivity contribution in [2.24, 2.45) is 5.92 Å². The van der Waals surface area contributed by atoms with Gasteiger partial charge in [0.15, 0.2) is 0 Å². The highest BCUT2D eigenvalue weighted by molar-refractivity contribution is 9.10. The number of halogens is 3. The molecule has 98 valence electrons. The minimum atomic E-state index is 0.740. The Balaban J connectivity index is 2.24. The first kappa shape index (κ1) is 14.6. The first-order valence-corrected chi connectivity index (χ1v) is 8.71. The van der Waals surface area contributed by atoms with Gasteiger partial charge in [-0.25, -0.2) is 0 Å². The van der Waals surface area contributed by atoms with Crippen LogP contribution in [0.5, 0.6) is 0 Å². The molecule has 2 rings (SSSR count). The third-order valence-corrected chi connectivity index (χ3v) is 5.19. The van der Waals surface area contributed by atoms with Gasteiger partial charge in [0, 0.05) is 14.8 Å². The van der Waals surface area contributed by atoms with E-state index in [1.54, 1.807) is 0 Å². The maximum atomic E-state index is 6.07. The van der Waals surface area contributed by atoms with Crippen LogP contribution in [0, 0.1) is 5.92 Å². The average Bonchev–Trinajstić information content (AvgIpc) is 2.41. The Bertz CT molecular complexity index is 434. The van der Waals surface area contributed by atoms with Crippen molar-refractivity contribution in [3.05, 3.63) is 38.8 Å². The molecule has 1 aliphatic rings. The van der Waals surface area contributed by atoms with Crippen molar-refractivity contribution in [2.75, 3.05) is 5.33 Å². The van der Waals surface area contributed by atoms with Crippen LogP contribution < -0.4 is 0 Å². The highest BCUT2D eigenvalue weighted by Gasteiger charge is 2.17. The molecule has 0 N–H and O–H groups in total. The lowest BCUT2D eigenvalue weighted by molar-refractivity contribution is 0.405. The van der Waals surface area contributed by atoms with Crippen molar-refractivity contribution >= 4 is 49.5 Å². The number of rotatable bonds is 3. The number of hydrogen-bond donors (Lipinski definition) is 0. The second-order valence-electron chi connectivity index (χ2n) is 4.85. The second kappa shape index (κ2) is 7.12. The first-order chi connectivity index (χ1) is 8.70. The minimum Gasteiger partial charge on any atom is -0.0880 e. The SMILES string of the molecule is Clc1ccc(Br)c(C=C(CBr)C2CCCCC2)c1. The minimum absolute atomic E-state index is 0.740. The lowest BCUT2D eigenvalue weighted by Gasteiger charge is -2.23. The number of allylic oxidation sites excluding steroid dienone is 1. The average molecular weight is 393 g/mol. The van der Waals surface area contributed by atoms with Gasteiger partial charge in [-0.15, -0.1) is 0 Å². The molecule has 1 aromatic rings. The molecule has 18 heavy (non-hydrogen) atoms. The highest BCUT2D eigenvalue weighted by atomic mass is 79.9. The van der Waals surface area contributed by atoms with Gasteiger partial charge in [0.05, 0.1) is 0 Å². The van der Waals surface area contributed by atoms with Gasteiger partial charge in [0.2, 0.25) is 0 Å². The van der Waals surface area contributed by atoms with Gasteiger partial charge in [-0.1, -0.05) is 74.4 Å². The zero-order chi connectivity index (χ0) is 13.0. The number of alkyl halides is 1. The van der Waals surface area contributed by atoms with Gasteiger partial charge in [-0.05, 0) is 42.5 Å².